The van der Waals surface area contributed by atoms with Crippen LogP contribution in [0.15, 0.2) is 84.0 Å². The van der Waals surface area contributed by atoms with Crippen LogP contribution in [0.2, 0.25) is 0 Å². The lowest BCUT2D eigenvalue weighted by atomic mass is 10.1. The molecule has 4 aromatic rings. The molecule has 1 heterocycles. The third-order valence-electron chi connectivity index (χ3n) is 4.90. The number of benzene rings is 3. The van der Waals surface area contributed by atoms with Crippen LogP contribution in [0, 0.1) is 17.0 Å². The van der Waals surface area contributed by atoms with E-state index in [2.05, 4.69) is 15.5 Å². The molecular formula is C24H21N5O3S. The van der Waals surface area contributed by atoms with Crippen molar-refractivity contribution in [3.8, 4) is 5.69 Å². The van der Waals surface area contributed by atoms with Gasteiger partial charge in [-0.05, 0) is 30.7 Å². The largest absolute Gasteiger partial charge is 0.320 e. The van der Waals surface area contributed by atoms with Crippen LogP contribution in [0.1, 0.15) is 17.0 Å². The van der Waals surface area contributed by atoms with Crippen LogP contribution in [-0.4, -0.2) is 31.3 Å². The first-order valence-corrected chi connectivity index (χ1v) is 11.2. The summed E-state index contributed by atoms with van der Waals surface area (Å²) in [5.41, 5.74) is 3.15. The second-order valence-electron chi connectivity index (χ2n) is 7.34. The highest BCUT2D eigenvalue weighted by Gasteiger charge is 2.18. The summed E-state index contributed by atoms with van der Waals surface area (Å²) in [6, 6.07) is 24.0. The first-order chi connectivity index (χ1) is 16.0. The summed E-state index contributed by atoms with van der Waals surface area (Å²) in [6.45, 7) is 2.02. The summed E-state index contributed by atoms with van der Waals surface area (Å²) in [5.74, 6) is 0.422. The number of aryl methyl sites for hydroxylation is 1. The Bertz CT molecular complexity index is 1270. The molecule has 0 atom stereocenters. The number of carbonyl (C=O) groups excluding carboxylic acids is 1. The van der Waals surface area contributed by atoms with Gasteiger partial charge in [0.25, 0.3) is 5.69 Å². The summed E-state index contributed by atoms with van der Waals surface area (Å²) in [4.78, 5) is 23.2. The van der Waals surface area contributed by atoms with Crippen molar-refractivity contribution in [2.75, 3.05) is 11.1 Å². The minimum Gasteiger partial charge on any atom is -0.320 e. The molecule has 8 nitrogen and oxygen atoms in total. The molecule has 0 aliphatic rings. The average molecular weight is 460 g/mol. The Morgan fingerprint density at radius 2 is 1.70 bits per heavy atom. The summed E-state index contributed by atoms with van der Waals surface area (Å²) in [5, 5.41) is 23.1. The third-order valence-corrected chi connectivity index (χ3v) is 5.83. The van der Waals surface area contributed by atoms with Crippen molar-refractivity contribution in [3.63, 3.8) is 0 Å². The van der Waals surface area contributed by atoms with Gasteiger partial charge in [-0.25, -0.2) is 0 Å². The summed E-state index contributed by atoms with van der Waals surface area (Å²) in [7, 11) is 0. The Morgan fingerprint density at radius 1 is 1.00 bits per heavy atom. The number of amides is 1. The van der Waals surface area contributed by atoms with E-state index in [0.717, 1.165) is 22.6 Å². The zero-order chi connectivity index (χ0) is 23.2. The fraction of sp³-hybridized carbons (Fsp3) is 0.125. The topological polar surface area (TPSA) is 103 Å². The molecule has 1 N–H and O–H groups in total. The van der Waals surface area contributed by atoms with Crippen molar-refractivity contribution in [3.05, 3.63) is 106 Å². The van der Waals surface area contributed by atoms with Gasteiger partial charge in [0.1, 0.15) is 11.5 Å². The maximum atomic E-state index is 12.5. The number of aromatic nitrogens is 3. The third kappa shape index (κ3) is 5.45. The number of hydrogen-bond donors (Lipinski definition) is 1. The highest BCUT2D eigenvalue weighted by atomic mass is 32.2. The zero-order valence-corrected chi connectivity index (χ0v) is 18.7. The van der Waals surface area contributed by atoms with Crippen molar-refractivity contribution in [2.24, 2.45) is 0 Å². The lowest BCUT2D eigenvalue weighted by molar-refractivity contribution is -0.383. The number of rotatable bonds is 8. The maximum absolute atomic E-state index is 12.5. The molecule has 3 aromatic carbocycles. The molecule has 0 unspecified atom stereocenters. The van der Waals surface area contributed by atoms with E-state index in [0.29, 0.717) is 11.6 Å². The van der Waals surface area contributed by atoms with Gasteiger partial charge in [-0.2, -0.15) is 0 Å². The van der Waals surface area contributed by atoms with Crippen LogP contribution in [0.4, 0.5) is 11.4 Å². The summed E-state index contributed by atoms with van der Waals surface area (Å²) < 4.78 is 1.94. The summed E-state index contributed by atoms with van der Waals surface area (Å²) in [6.07, 6.45) is 0.588. The molecule has 0 bridgehead atoms. The van der Waals surface area contributed by atoms with Crippen LogP contribution in [-0.2, 0) is 11.2 Å². The van der Waals surface area contributed by atoms with Crippen LogP contribution in [0.25, 0.3) is 5.69 Å². The van der Waals surface area contributed by atoms with E-state index >= 15 is 0 Å². The fourth-order valence-corrected chi connectivity index (χ4v) is 4.07. The summed E-state index contributed by atoms with van der Waals surface area (Å²) >= 11 is 1.23. The first-order valence-electron chi connectivity index (χ1n) is 10.2. The van der Waals surface area contributed by atoms with Gasteiger partial charge in [-0.1, -0.05) is 71.9 Å². The molecular weight excluding hydrogens is 438 g/mol. The number of para-hydroxylation sites is 2. The molecule has 9 heteroatoms. The minimum absolute atomic E-state index is 0.0291. The Labute approximate surface area is 194 Å². The number of nitro groups is 1. The van der Waals surface area contributed by atoms with Crippen molar-refractivity contribution in [1.29, 1.82) is 0 Å². The molecule has 4 rings (SSSR count). The normalized spacial score (nSPS) is 10.7. The molecule has 1 aromatic heterocycles. The number of carbonyl (C=O) groups is 1. The van der Waals surface area contributed by atoms with Crippen LogP contribution >= 0.6 is 11.8 Å². The van der Waals surface area contributed by atoms with Gasteiger partial charge in [0.2, 0.25) is 5.91 Å². The van der Waals surface area contributed by atoms with E-state index in [1.165, 1.54) is 23.9 Å². The Morgan fingerprint density at radius 3 is 2.42 bits per heavy atom. The van der Waals surface area contributed by atoms with Gasteiger partial charge in [0.05, 0.1) is 10.7 Å². The van der Waals surface area contributed by atoms with Crippen molar-refractivity contribution in [2.45, 2.75) is 18.5 Å². The first kappa shape index (κ1) is 22.2. The number of hydrogen-bond acceptors (Lipinski definition) is 6. The van der Waals surface area contributed by atoms with E-state index in [1.807, 2.05) is 66.1 Å². The second-order valence-corrected chi connectivity index (χ2v) is 8.29. The smallest absolute Gasteiger partial charge is 0.292 e. The molecule has 0 saturated carbocycles. The molecule has 0 aliphatic heterocycles. The molecule has 0 fully saturated rings. The predicted octanol–water partition coefficient (Wildman–Crippen LogP) is 4.81. The van der Waals surface area contributed by atoms with E-state index in [9.17, 15) is 14.9 Å². The molecule has 0 aliphatic carbocycles. The molecule has 33 heavy (non-hydrogen) atoms. The van der Waals surface area contributed by atoms with Gasteiger partial charge in [-0.3, -0.25) is 19.5 Å². The molecule has 166 valence electrons. The van der Waals surface area contributed by atoms with Crippen molar-refractivity contribution in [1.82, 2.24) is 14.8 Å². The van der Waals surface area contributed by atoms with Gasteiger partial charge in [-0.15, -0.1) is 10.2 Å². The van der Waals surface area contributed by atoms with Crippen LogP contribution < -0.4 is 5.32 Å². The van der Waals surface area contributed by atoms with Gasteiger partial charge in [0, 0.05) is 18.2 Å². The van der Waals surface area contributed by atoms with Crippen LogP contribution in [0.5, 0.6) is 0 Å². The Kier molecular flexibility index (Phi) is 6.80. The van der Waals surface area contributed by atoms with Crippen molar-refractivity contribution >= 4 is 29.0 Å². The lowest BCUT2D eigenvalue weighted by Gasteiger charge is -2.11. The minimum atomic E-state index is -0.521. The van der Waals surface area contributed by atoms with E-state index in [4.69, 9.17) is 0 Å². The molecule has 1 amide bonds. The standard InChI is InChI=1S/C24H21N5O3S/c1-17-11-13-19(14-12-17)28-22(15-18-7-3-2-4-8-18)26-27-24(28)33-16-23(30)25-20-9-5-6-10-21(20)29(31)32/h2-14H,15-16H2,1H3,(H,25,30). The van der Waals surface area contributed by atoms with E-state index in [1.54, 1.807) is 12.1 Å². The highest BCUT2D eigenvalue weighted by molar-refractivity contribution is 7.99. The SMILES string of the molecule is Cc1ccc(-n2c(Cc3ccccc3)nnc2SCC(=O)Nc2ccccc2[N+](=O)[O-])cc1. The van der Waals surface area contributed by atoms with E-state index in [-0.39, 0.29) is 23.0 Å². The number of nitrogens with one attached hydrogen (secondary N) is 1. The number of nitrogens with zero attached hydrogens (tertiary/aromatic N) is 4. The molecule has 0 saturated heterocycles. The Balaban J connectivity index is 1.55. The maximum Gasteiger partial charge on any atom is 0.292 e. The number of anilines is 1. The van der Waals surface area contributed by atoms with Gasteiger partial charge >= 0.3 is 0 Å². The van der Waals surface area contributed by atoms with E-state index < -0.39 is 4.92 Å². The molecule has 0 radical (unpaired) electrons. The predicted molar refractivity (Wildman–Crippen MR) is 128 cm³/mol. The number of nitro benzene ring substituents is 1. The molecule has 0 spiro atoms. The number of thioether (sulfide) groups is 1. The van der Waals surface area contributed by atoms with Gasteiger partial charge in [0.15, 0.2) is 5.16 Å². The second kappa shape index (κ2) is 10.1. The Hall–Kier alpha value is -3.98. The van der Waals surface area contributed by atoms with Gasteiger partial charge < -0.3 is 5.32 Å². The zero-order valence-electron chi connectivity index (χ0n) is 17.8. The highest BCUT2D eigenvalue weighted by Crippen LogP contribution is 2.26. The fourth-order valence-electron chi connectivity index (χ4n) is 3.29. The quantitative estimate of drug-likeness (QED) is 0.231. The van der Waals surface area contributed by atoms with Crippen molar-refractivity contribution < 1.29 is 9.72 Å². The monoisotopic (exact) mass is 459 g/mol. The lowest BCUT2D eigenvalue weighted by Crippen LogP contribution is -2.15. The average Bonchev–Trinajstić information content (AvgIpc) is 3.21. The van der Waals surface area contributed by atoms with Crippen LogP contribution in [0.3, 0.4) is 0 Å².